The van der Waals surface area contributed by atoms with Crippen molar-refractivity contribution in [1.82, 2.24) is 5.32 Å². The van der Waals surface area contributed by atoms with Crippen molar-refractivity contribution < 1.29 is 4.79 Å². The Balaban J connectivity index is 2.12. The predicted molar refractivity (Wildman–Crippen MR) is 65.5 cm³/mol. The summed E-state index contributed by atoms with van der Waals surface area (Å²) in [6.45, 7) is 3.87. The third-order valence-corrected chi connectivity index (χ3v) is 2.87. The number of hydrogen-bond acceptors (Lipinski definition) is 2. The van der Waals surface area contributed by atoms with Crippen molar-refractivity contribution >= 4 is 17.4 Å². The maximum absolute atomic E-state index is 11.6. The number of hydrogen-bond donors (Lipinski definition) is 3. The van der Waals surface area contributed by atoms with Gasteiger partial charge in [-0.25, -0.2) is 4.79 Å². The Kier molecular flexibility index (Phi) is 2.73. The van der Waals surface area contributed by atoms with E-state index in [0.29, 0.717) is 11.7 Å². The Labute approximate surface area is 95.2 Å². The van der Waals surface area contributed by atoms with Crippen LogP contribution in [0.4, 0.5) is 16.2 Å². The second-order valence-corrected chi connectivity index (χ2v) is 4.34. The van der Waals surface area contributed by atoms with Gasteiger partial charge in [-0.05, 0) is 43.9 Å². The molecule has 1 aliphatic rings. The van der Waals surface area contributed by atoms with E-state index in [2.05, 4.69) is 10.6 Å². The molecule has 86 valence electrons. The first-order chi connectivity index (χ1) is 7.58. The molecule has 0 atom stereocenters. The van der Waals surface area contributed by atoms with Gasteiger partial charge >= 0.3 is 6.03 Å². The number of rotatable bonds is 2. The van der Waals surface area contributed by atoms with E-state index in [1.807, 2.05) is 26.0 Å². The topological polar surface area (TPSA) is 67.1 Å². The van der Waals surface area contributed by atoms with Crippen molar-refractivity contribution in [3.05, 3.63) is 23.3 Å². The van der Waals surface area contributed by atoms with Gasteiger partial charge in [-0.3, -0.25) is 0 Å². The highest BCUT2D eigenvalue weighted by Crippen LogP contribution is 2.25. The Morgan fingerprint density at radius 1 is 1.38 bits per heavy atom. The third-order valence-electron chi connectivity index (χ3n) is 2.87. The second kappa shape index (κ2) is 4.04. The van der Waals surface area contributed by atoms with Crippen LogP contribution in [-0.2, 0) is 0 Å². The Hall–Kier alpha value is -1.71. The Morgan fingerprint density at radius 3 is 2.69 bits per heavy atom. The normalized spacial score (nSPS) is 14.6. The molecule has 0 unspecified atom stereocenters. The van der Waals surface area contributed by atoms with E-state index in [1.54, 1.807) is 0 Å². The van der Waals surface area contributed by atoms with Gasteiger partial charge in [-0.15, -0.1) is 0 Å². The lowest BCUT2D eigenvalue weighted by Gasteiger charge is -2.13. The molecule has 2 rings (SSSR count). The number of nitrogen functional groups attached to an aromatic ring is 1. The highest BCUT2D eigenvalue weighted by atomic mass is 16.2. The molecular weight excluding hydrogens is 202 g/mol. The molecule has 1 saturated carbocycles. The van der Waals surface area contributed by atoms with Gasteiger partial charge in [-0.2, -0.15) is 0 Å². The number of benzene rings is 1. The number of aryl methyl sites for hydroxylation is 1. The number of nitrogens with two attached hydrogens (primary N) is 1. The minimum atomic E-state index is -0.140. The molecule has 0 aliphatic heterocycles. The van der Waals surface area contributed by atoms with Gasteiger partial charge < -0.3 is 16.4 Å². The molecule has 0 radical (unpaired) electrons. The van der Waals surface area contributed by atoms with Crippen molar-refractivity contribution in [2.75, 3.05) is 11.1 Å². The van der Waals surface area contributed by atoms with Crippen LogP contribution in [0.1, 0.15) is 24.0 Å². The van der Waals surface area contributed by atoms with Crippen molar-refractivity contribution in [3.8, 4) is 0 Å². The van der Waals surface area contributed by atoms with Gasteiger partial charge in [-0.1, -0.05) is 6.07 Å². The summed E-state index contributed by atoms with van der Waals surface area (Å²) in [5.41, 5.74) is 9.27. The van der Waals surface area contributed by atoms with Crippen LogP contribution in [0.3, 0.4) is 0 Å². The van der Waals surface area contributed by atoms with Crippen LogP contribution in [0.15, 0.2) is 12.1 Å². The zero-order valence-corrected chi connectivity index (χ0v) is 9.63. The highest BCUT2D eigenvalue weighted by Gasteiger charge is 2.23. The maximum atomic E-state index is 11.6. The van der Waals surface area contributed by atoms with Crippen LogP contribution in [0.25, 0.3) is 0 Å². The second-order valence-electron chi connectivity index (χ2n) is 4.34. The summed E-state index contributed by atoms with van der Waals surface area (Å²) < 4.78 is 0. The van der Waals surface area contributed by atoms with Gasteiger partial charge in [0.05, 0.1) is 5.69 Å². The smallest absolute Gasteiger partial charge is 0.319 e. The number of urea groups is 1. The standard InChI is InChI=1S/C12H17N3O/c1-7-3-6-10(13)8(2)11(7)15-12(16)14-9-4-5-9/h3,6,9H,4-5,13H2,1-2H3,(H2,14,15,16). The molecule has 4 N–H and O–H groups in total. The van der Waals surface area contributed by atoms with Gasteiger partial charge in [0, 0.05) is 11.7 Å². The number of nitrogens with one attached hydrogen (secondary N) is 2. The first-order valence-corrected chi connectivity index (χ1v) is 5.51. The van der Waals surface area contributed by atoms with E-state index >= 15 is 0 Å². The van der Waals surface area contributed by atoms with Crippen LogP contribution < -0.4 is 16.4 Å². The summed E-state index contributed by atoms with van der Waals surface area (Å²) in [6.07, 6.45) is 2.17. The SMILES string of the molecule is Cc1ccc(N)c(C)c1NC(=O)NC1CC1. The molecule has 1 fully saturated rings. The van der Waals surface area contributed by atoms with Crippen LogP contribution in [0.5, 0.6) is 0 Å². The molecule has 4 heteroatoms. The largest absolute Gasteiger partial charge is 0.398 e. The molecule has 0 saturated heterocycles. The number of carbonyl (C=O) groups excluding carboxylic acids is 1. The van der Waals surface area contributed by atoms with E-state index in [0.717, 1.165) is 29.7 Å². The molecule has 2 amide bonds. The van der Waals surface area contributed by atoms with E-state index < -0.39 is 0 Å². The summed E-state index contributed by atoms with van der Waals surface area (Å²) >= 11 is 0. The number of anilines is 2. The van der Waals surface area contributed by atoms with Crippen LogP contribution in [0.2, 0.25) is 0 Å². The fourth-order valence-corrected chi connectivity index (χ4v) is 1.62. The average molecular weight is 219 g/mol. The molecule has 1 aliphatic carbocycles. The van der Waals surface area contributed by atoms with Crippen molar-refractivity contribution in [3.63, 3.8) is 0 Å². The first-order valence-electron chi connectivity index (χ1n) is 5.51. The quantitative estimate of drug-likeness (QED) is 0.667. The monoisotopic (exact) mass is 219 g/mol. The Bertz CT molecular complexity index is 425. The minimum Gasteiger partial charge on any atom is -0.398 e. The van der Waals surface area contributed by atoms with Gasteiger partial charge in [0.1, 0.15) is 0 Å². The third kappa shape index (κ3) is 2.27. The fraction of sp³-hybridized carbons (Fsp3) is 0.417. The number of carbonyl (C=O) groups is 1. The van der Waals surface area contributed by atoms with E-state index in [1.165, 1.54) is 0 Å². The summed E-state index contributed by atoms with van der Waals surface area (Å²) in [7, 11) is 0. The fourth-order valence-electron chi connectivity index (χ4n) is 1.62. The molecule has 1 aromatic rings. The highest BCUT2D eigenvalue weighted by molar-refractivity contribution is 5.92. The Morgan fingerprint density at radius 2 is 2.06 bits per heavy atom. The summed E-state index contributed by atoms with van der Waals surface area (Å²) in [5, 5.41) is 5.75. The van der Waals surface area contributed by atoms with Crippen molar-refractivity contribution in [2.45, 2.75) is 32.7 Å². The molecule has 0 aromatic heterocycles. The molecule has 0 heterocycles. The lowest BCUT2D eigenvalue weighted by atomic mass is 10.1. The zero-order chi connectivity index (χ0) is 11.7. The lowest BCUT2D eigenvalue weighted by molar-refractivity contribution is 0.251. The van der Waals surface area contributed by atoms with Crippen LogP contribution in [0, 0.1) is 13.8 Å². The van der Waals surface area contributed by atoms with Gasteiger partial charge in [0.15, 0.2) is 0 Å². The van der Waals surface area contributed by atoms with E-state index in [4.69, 9.17) is 5.73 Å². The maximum Gasteiger partial charge on any atom is 0.319 e. The number of amides is 2. The summed E-state index contributed by atoms with van der Waals surface area (Å²) in [4.78, 5) is 11.6. The molecule has 1 aromatic carbocycles. The first kappa shape index (κ1) is 10.8. The van der Waals surface area contributed by atoms with Crippen molar-refractivity contribution in [1.29, 1.82) is 0 Å². The van der Waals surface area contributed by atoms with Crippen LogP contribution >= 0.6 is 0 Å². The van der Waals surface area contributed by atoms with E-state index in [-0.39, 0.29) is 6.03 Å². The summed E-state index contributed by atoms with van der Waals surface area (Å²) in [5.74, 6) is 0. The summed E-state index contributed by atoms with van der Waals surface area (Å²) in [6, 6.07) is 3.99. The van der Waals surface area contributed by atoms with Crippen molar-refractivity contribution in [2.24, 2.45) is 0 Å². The lowest BCUT2D eigenvalue weighted by Crippen LogP contribution is -2.31. The van der Waals surface area contributed by atoms with E-state index in [9.17, 15) is 4.79 Å². The minimum absolute atomic E-state index is 0.140. The zero-order valence-electron chi connectivity index (χ0n) is 9.63. The molecule has 4 nitrogen and oxygen atoms in total. The average Bonchev–Trinajstić information content (AvgIpc) is 3.02. The molecule has 0 bridgehead atoms. The molecule has 16 heavy (non-hydrogen) atoms. The van der Waals surface area contributed by atoms with Gasteiger partial charge in [0.2, 0.25) is 0 Å². The van der Waals surface area contributed by atoms with Gasteiger partial charge in [0.25, 0.3) is 0 Å². The molecular formula is C12H17N3O. The molecule has 0 spiro atoms. The predicted octanol–water partition coefficient (Wildman–Crippen LogP) is 2.17. The van der Waals surface area contributed by atoms with Crippen LogP contribution in [-0.4, -0.2) is 12.1 Å².